The number of hydrogen-bond acceptors (Lipinski definition) is 5. The first-order chi connectivity index (χ1) is 11.8. The highest BCUT2D eigenvalue weighted by molar-refractivity contribution is 7.89. The van der Waals surface area contributed by atoms with Gasteiger partial charge < -0.3 is 0 Å². The Morgan fingerprint density at radius 2 is 1.88 bits per heavy atom. The van der Waals surface area contributed by atoms with Crippen molar-refractivity contribution in [2.75, 3.05) is 0 Å². The number of nitrogens with zero attached hydrogens (tertiary/aromatic N) is 3. The van der Waals surface area contributed by atoms with Gasteiger partial charge >= 0.3 is 6.18 Å². The number of H-pyrrole nitrogens is 1. The molecule has 7 nitrogen and oxygen atoms in total. The molecular formula is C14H16F3N5O2S. The third-order valence-corrected chi connectivity index (χ3v) is 5.72. The van der Waals surface area contributed by atoms with Crippen LogP contribution in [-0.2, 0) is 16.2 Å². The molecule has 2 N–H and O–H groups in total. The number of benzene rings is 1. The Labute approximate surface area is 142 Å². The molecule has 1 aliphatic carbocycles. The van der Waals surface area contributed by atoms with E-state index in [2.05, 4.69) is 25.3 Å². The zero-order chi connectivity index (χ0) is 18.1. The Morgan fingerprint density at radius 1 is 1.16 bits per heavy atom. The molecule has 2 aromatic rings. The van der Waals surface area contributed by atoms with E-state index in [9.17, 15) is 21.6 Å². The van der Waals surface area contributed by atoms with E-state index in [1.807, 2.05) is 0 Å². The highest BCUT2D eigenvalue weighted by Crippen LogP contribution is 2.38. The van der Waals surface area contributed by atoms with Gasteiger partial charge in [-0.2, -0.15) is 18.4 Å². The van der Waals surface area contributed by atoms with Gasteiger partial charge in [0.05, 0.1) is 5.56 Å². The van der Waals surface area contributed by atoms with Gasteiger partial charge in [-0.1, -0.05) is 25.3 Å². The minimum Gasteiger partial charge on any atom is -0.208 e. The van der Waals surface area contributed by atoms with Crippen LogP contribution in [0, 0.1) is 0 Å². The molecule has 1 fully saturated rings. The van der Waals surface area contributed by atoms with Gasteiger partial charge in [0, 0.05) is 11.6 Å². The van der Waals surface area contributed by atoms with Crippen molar-refractivity contribution in [2.45, 2.75) is 49.2 Å². The van der Waals surface area contributed by atoms with Gasteiger partial charge in [-0.25, -0.2) is 13.1 Å². The number of hydrogen-bond donors (Lipinski definition) is 2. The lowest BCUT2D eigenvalue weighted by atomic mass is 9.96. The number of nitrogens with one attached hydrogen (secondary N) is 2. The van der Waals surface area contributed by atoms with Gasteiger partial charge in [0.2, 0.25) is 15.8 Å². The predicted molar refractivity (Wildman–Crippen MR) is 81.8 cm³/mol. The molecular weight excluding hydrogens is 359 g/mol. The third kappa shape index (κ3) is 3.82. The summed E-state index contributed by atoms with van der Waals surface area (Å²) in [6, 6.07) is 2.71. The van der Waals surface area contributed by atoms with E-state index in [-0.39, 0.29) is 17.4 Å². The Balaban J connectivity index is 2.11. The highest BCUT2D eigenvalue weighted by atomic mass is 32.2. The summed E-state index contributed by atoms with van der Waals surface area (Å²) in [6.07, 6.45) is -0.963. The van der Waals surface area contributed by atoms with Crippen molar-refractivity contribution in [3.8, 4) is 11.4 Å². The van der Waals surface area contributed by atoms with Gasteiger partial charge in [0.25, 0.3) is 0 Å². The van der Waals surface area contributed by atoms with E-state index in [1.165, 1.54) is 6.07 Å². The van der Waals surface area contributed by atoms with Crippen LogP contribution in [0.4, 0.5) is 13.2 Å². The molecule has 1 heterocycles. The second kappa shape index (κ2) is 6.71. The van der Waals surface area contributed by atoms with Crippen LogP contribution < -0.4 is 4.72 Å². The normalized spacial score (nSPS) is 16.9. The zero-order valence-corrected chi connectivity index (χ0v) is 13.9. The van der Waals surface area contributed by atoms with Crippen LogP contribution in [0.5, 0.6) is 0 Å². The minimum absolute atomic E-state index is 0.213. The van der Waals surface area contributed by atoms with Crippen molar-refractivity contribution in [3.05, 3.63) is 23.8 Å². The summed E-state index contributed by atoms with van der Waals surface area (Å²) in [6.45, 7) is 0. The highest BCUT2D eigenvalue weighted by Gasteiger charge is 2.40. The van der Waals surface area contributed by atoms with Crippen LogP contribution in [0.1, 0.15) is 37.7 Å². The fraction of sp³-hybridized carbons (Fsp3) is 0.500. The van der Waals surface area contributed by atoms with Crippen LogP contribution in [-0.4, -0.2) is 35.1 Å². The molecule has 136 valence electrons. The quantitative estimate of drug-likeness (QED) is 0.855. The summed E-state index contributed by atoms with van der Waals surface area (Å²) in [4.78, 5) is -0.866. The number of tetrazole rings is 1. The molecule has 25 heavy (non-hydrogen) atoms. The SMILES string of the molecule is O=S(=O)(NC1CCCCC1)c1c(-c2nn[nH]n2)cccc1C(F)(F)F. The van der Waals surface area contributed by atoms with Crippen LogP contribution in [0.15, 0.2) is 23.1 Å². The Kier molecular flexibility index (Phi) is 4.78. The average Bonchev–Trinajstić information content (AvgIpc) is 3.08. The van der Waals surface area contributed by atoms with E-state index >= 15 is 0 Å². The first-order valence-corrected chi connectivity index (χ1v) is 9.24. The maximum Gasteiger partial charge on any atom is 0.417 e. The number of rotatable bonds is 4. The fourth-order valence-corrected chi connectivity index (χ4v) is 4.72. The van der Waals surface area contributed by atoms with Crippen LogP contribution in [0.25, 0.3) is 11.4 Å². The molecule has 1 aromatic heterocycles. The summed E-state index contributed by atoms with van der Waals surface area (Å²) >= 11 is 0. The standard InChI is InChI=1S/C14H16F3N5O2S/c15-14(16,17)11-8-4-7-10(13-18-21-22-19-13)12(11)25(23,24)20-9-5-2-1-3-6-9/h4,7-9,20H,1-3,5-6H2,(H,18,19,21,22). The van der Waals surface area contributed by atoms with Crippen molar-refractivity contribution < 1.29 is 21.6 Å². The Hall–Kier alpha value is -2.01. The molecule has 1 aromatic carbocycles. The first kappa shape index (κ1) is 17.8. The monoisotopic (exact) mass is 375 g/mol. The predicted octanol–water partition coefficient (Wildman–Crippen LogP) is 2.50. The topological polar surface area (TPSA) is 101 Å². The van der Waals surface area contributed by atoms with Gasteiger partial charge in [0.15, 0.2) is 0 Å². The lowest BCUT2D eigenvalue weighted by Gasteiger charge is -2.24. The van der Waals surface area contributed by atoms with Gasteiger partial charge in [-0.05, 0) is 30.2 Å². The van der Waals surface area contributed by atoms with Crippen molar-refractivity contribution >= 4 is 10.0 Å². The molecule has 0 radical (unpaired) electrons. The summed E-state index contributed by atoms with van der Waals surface area (Å²) < 4.78 is 68.3. The van der Waals surface area contributed by atoms with Gasteiger partial charge in [0.1, 0.15) is 4.90 Å². The maximum absolute atomic E-state index is 13.4. The van der Waals surface area contributed by atoms with Crippen molar-refractivity contribution in [3.63, 3.8) is 0 Å². The molecule has 0 atom stereocenters. The van der Waals surface area contributed by atoms with Crippen LogP contribution in [0.3, 0.4) is 0 Å². The molecule has 3 rings (SSSR count). The van der Waals surface area contributed by atoms with Gasteiger partial charge in [-0.15, -0.1) is 10.2 Å². The zero-order valence-electron chi connectivity index (χ0n) is 13.0. The summed E-state index contributed by atoms with van der Waals surface area (Å²) in [5.41, 5.74) is -1.50. The van der Waals surface area contributed by atoms with E-state index in [0.29, 0.717) is 12.8 Å². The average molecular weight is 375 g/mol. The van der Waals surface area contributed by atoms with Crippen molar-refractivity contribution in [1.82, 2.24) is 25.3 Å². The number of aromatic amines is 1. The van der Waals surface area contributed by atoms with E-state index in [4.69, 9.17) is 0 Å². The van der Waals surface area contributed by atoms with Crippen LogP contribution in [0.2, 0.25) is 0 Å². The Morgan fingerprint density at radius 3 is 2.48 bits per heavy atom. The molecule has 0 saturated heterocycles. The summed E-state index contributed by atoms with van der Waals surface area (Å²) in [7, 11) is -4.42. The second-order valence-electron chi connectivity index (χ2n) is 5.87. The number of aromatic nitrogens is 4. The first-order valence-electron chi connectivity index (χ1n) is 7.75. The molecule has 1 saturated carbocycles. The lowest BCUT2D eigenvalue weighted by molar-refractivity contribution is -0.139. The third-order valence-electron chi connectivity index (χ3n) is 4.10. The smallest absolute Gasteiger partial charge is 0.208 e. The van der Waals surface area contributed by atoms with E-state index < -0.39 is 26.7 Å². The molecule has 0 bridgehead atoms. The number of halogens is 3. The molecule has 0 amide bonds. The number of sulfonamides is 1. The number of alkyl halides is 3. The second-order valence-corrected chi connectivity index (χ2v) is 7.52. The van der Waals surface area contributed by atoms with E-state index in [0.717, 1.165) is 31.4 Å². The van der Waals surface area contributed by atoms with Crippen molar-refractivity contribution in [1.29, 1.82) is 0 Å². The lowest BCUT2D eigenvalue weighted by Crippen LogP contribution is -2.37. The molecule has 0 aliphatic heterocycles. The Bertz CT molecular complexity index is 831. The van der Waals surface area contributed by atoms with Crippen molar-refractivity contribution in [2.24, 2.45) is 0 Å². The summed E-state index contributed by atoms with van der Waals surface area (Å²) in [5.74, 6) is -0.213. The maximum atomic E-state index is 13.4. The fourth-order valence-electron chi connectivity index (χ4n) is 3.00. The van der Waals surface area contributed by atoms with Gasteiger partial charge in [-0.3, -0.25) is 0 Å². The minimum atomic E-state index is -4.84. The molecule has 11 heteroatoms. The summed E-state index contributed by atoms with van der Waals surface area (Å²) in [5, 5.41) is 12.7. The molecule has 1 aliphatic rings. The van der Waals surface area contributed by atoms with Crippen LogP contribution >= 0.6 is 0 Å². The largest absolute Gasteiger partial charge is 0.417 e. The van der Waals surface area contributed by atoms with E-state index in [1.54, 1.807) is 0 Å². The molecule has 0 unspecified atom stereocenters. The molecule has 0 spiro atoms.